The molecule has 0 aliphatic carbocycles. The number of likely N-dealkylation sites (tertiary alicyclic amines) is 1. The van der Waals surface area contributed by atoms with E-state index in [0.717, 1.165) is 16.8 Å². The monoisotopic (exact) mass is 613 g/mol. The number of fused-ring (bicyclic) bond motifs is 1. The van der Waals surface area contributed by atoms with Gasteiger partial charge in [0.2, 0.25) is 17.7 Å². The largest absolute Gasteiger partial charge is 0.343 e. The summed E-state index contributed by atoms with van der Waals surface area (Å²) >= 11 is 6.13. The van der Waals surface area contributed by atoms with E-state index in [1.807, 2.05) is 78.2 Å². The zero-order valence-corrected chi connectivity index (χ0v) is 26.1. The lowest BCUT2D eigenvalue weighted by Gasteiger charge is -2.44. The molecule has 3 heterocycles. The van der Waals surface area contributed by atoms with Crippen molar-refractivity contribution in [2.45, 2.75) is 69.7 Å². The molecule has 3 aliphatic heterocycles. The van der Waals surface area contributed by atoms with Gasteiger partial charge in [0.1, 0.15) is 11.6 Å². The van der Waals surface area contributed by atoms with Crippen LogP contribution < -0.4 is 15.5 Å². The number of nitrogens with zero attached hydrogens (tertiary/aromatic N) is 3. The molecule has 0 aromatic heterocycles. The van der Waals surface area contributed by atoms with Crippen LogP contribution in [-0.2, 0) is 33.8 Å². The maximum Gasteiger partial charge on any atom is 0.250 e. The van der Waals surface area contributed by atoms with E-state index >= 15 is 0 Å². The molecular weight excluding hydrogens is 574 g/mol. The van der Waals surface area contributed by atoms with E-state index in [4.69, 9.17) is 11.6 Å². The first-order valence-electron chi connectivity index (χ1n) is 15.5. The molecule has 3 aliphatic rings. The summed E-state index contributed by atoms with van der Waals surface area (Å²) in [6.07, 6.45) is 1.97. The summed E-state index contributed by atoms with van der Waals surface area (Å²) in [4.78, 5) is 47.6. The number of halogens is 1. The summed E-state index contributed by atoms with van der Waals surface area (Å²) in [5.41, 5.74) is 3.56. The number of carbonyl (C=O) groups is 3. The Morgan fingerprint density at radius 2 is 1.61 bits per heavy atom. The lowest BCUT2D eigenvalue weighted by molar-refractivity contribution is -0.141. The standard InChI is InChI=1S/C35H40ClN5O3/c1-24(2)40-23-41(29-10-4-3-5-11-29)35(34(40)44)16-18-39(19-17-35)33(43)31(20-25-12-14-28(36)15-13-25)38-32(42)30-21-26-8-6-7-9-27(26)22-37-30/h3-15,24,30-31,37H,16-23H2,1-2H3,(H,38,42). The maximum atomic E-state index is 14.2. The van der Waals surface area contributed by atoms with E-state index in [-0.39, 0.29) is 23.8 Å². The minimum Gasteiger partial charge on any atom is -0.343 e. The van der Waals surface area contributed by atoms with Crippen molar-refractivity contribution < 1.29 is 14.4 Å². The highest BCUT2D eigenvalue weighted by Gasteiger charge is 2.54. The molecule has 6 rings (SSSR count). The molecule has 2 saturated heterocycles. The number of anilines is 1. The number of rotatable bonds is 7. The van der Waals surface area contributed by atoms with Crippen molar-refractivity contribution in [1.82, 2.24) is 20.4 Å². The first kappa shape index (κ1) is 30.2. The fourth-order valence-electron chi connectivity index (χ4n) is 6.84. The number of benzene rings is 3. The lowest BCUT2D eigenvalue weighted by atomic mass is 9.85. The summed E-state index contributed by atoms with van der Waals surface area (Å²) in [5, 5.41) is 7.05. The van der Waals surface area contributed by atoms with Crippen LogP contribution in [-0.4, -0.2) is 70.9 Å². The second-order valence-electron chi connectivity index (χ2n) is 12.4. The van der Waals surface area contributed by atoms with Crippen molar-refractivity contribution in [2.75, 3.05) is 24.7 Å². The van der Waals surface area contributed by atoms with E-state index < -0.39 is 17.6 Å². The van der Waals surface area contributed by atoms with Gasteiger partial charge in [0.15, 0.2) is 0 Å². The van der Waals surface area contributed by atoms with Gasteiger partial charge in [0.05, 0.1) is 12.7 Å². The number of amides is 3. The fraction of sp³-hybridized carbons (Fsp3) is 0.400. The zero-order chi connectivity index (χ0) is 30.8. The summed E-state index contributed by atoms with van der Waals surface area (Å²) in [6.45, 7) is 6.09. The molecule has 1 spiro atoms. The number of para-hydroxylation sites is 1. The lowest BCUT2D eigenvalue weighted by Crippen LogP contribution is -2.60. The summed E-state index contributed by atoms with van der Waals surface area (Å²) in [7, 11) is 0. The fourth-order valence-corrected chi connectivity index (χ4v) is 6.96. The molecule has 9 heteroatoms. The Balaban J connectivity index is 1.20. The van der Waals surface area contributed by atoms with E-state index in [9.17, 15) is 14.4 Å². The van der Waals surface area contributed by atoms with Gasteiger partial charge >= 0.3 is 0 Å². The van der Waals surface area contributed by atoms with Gasteiger partial charge in [0, 0.05) is 42.8 Å². The van der Waals surface area contributed by atoms with Gasteiger partial charge in [-0.1, -0.05) is 66.2 Å². The highest BCUT2D eigenvalue weighted by molar-refractivity contribution is 6.30. The van der Waals surface area contributed by atoms with Gasteiger partial charge in [-0.25, -0.2) is 0 Å². The molecule has 2 fully saturated rings. The number of hydrogen-bond donors (Lipinski definition) is 2. The van der Waals surface area contributed by atoms with Crippen molar-refractivity contribution in [3.05, 3.63) is 101 Å². The minimum atomic E-state index is -0.742. The first-order valence-corrected chi connectivity index (χ1v) is 15.9. The first-order chi connectivity index (χ1) is 21.2. The molecule has 8 nitrogen and oxygen atoms in total. The minimum absolute atomic E-state index is 0.0760. The van der Waals surface area contributed by atoms with E-state index in [1.165, 1.54) is 5.56 Å². The van der Waals surface area contributed by atoms with Crippen LogP contribution in [0.4, 0.5) is 5.69 Å². The van der Waals surface area contributed by atoms with Crippen LogP contribution >= 0.6 is 11.6 Å². The van der Waals surface area contributed by atoms with Crippen LogP contribution in [0.2, 0.25) is 5.02 Å². The molecule has 44 heavy (non-hydrogen) atoms. The average molecular weight is 614 g/mol. The maximum absolute atomic E-state index is 14.2. The normalized spacial score (nSPS) is 20.1. The van der Waals surface area contributed by atoms with Gasteiger partial charge in [-0.2, -0.15) is 0 Å². The van der Waals surface area contributed by atoms with E-state index in [0.29, 0.717) is 57.0 Å². The van der Waals surface area contributed by atoms with Crippen molar-refractivity contribution in [3.8, 4) is 0 Å². The second kappa shape index (κ2) is 12.6. The molecule has 3 aromatic rings. The van der Waals surface area contributed by atoms with Crippen molar-refractivity contribution in [1.29, 1.82) is 0 Å². The summed E-state index contributed by atoms with van der Waals surface area (Å²) in [6, 6.07) is 24.5. The average Bonchev–Trinajstić information content (AvgIpc) is 3.33. The topological polar surface area (TPSA) is 85.0 Å². The number of carbonyl (C=O) groups excluding carboxylic acids is 3. The zero-order valence-electron chi connectivity index (χ0n) is 25.3. The summed E-state index contributed by atoms with van der Waals surface area (Å²) < 4.78 is 0. The van der Waals surface area contributed by atoms with E-state index in [1.54, 1.807) is 12.1 Å². The number of nitrogens with one attached hydrogen (secondary N) is 2. The Hall–Kier alpha value is -3.88. The number of hydrogen-bond acceptors (Lipinski definition) is 5. The third-order valence-electron chi connectivity index (χ3n) is 9.43. The Kier molecular flexibility index (Phi) is 8.65. The highest BCUT2D eigenvalue weighted by atomic mass is 35.5. The Morgan fingerprint density at radius 3 is 2.30 bits per heavy atom. The predicted molar refractivity (Wildman–Crippen MR) is 172 cm³/mol. The molecule has 3 aromatic carbocycles. The third-order valence-corrected chi connectivity index (χ3v) is 9.68. The predicted octanol–water partition coefficient (Wildman–Crippen LogP) is 4.16. The Morgan fingerprint density at radius 1 is 0.955 bits per heavy atom. The van der Waals surface area contributed by atoms with Crippen LogP contribution in [0.25, 0.3) is 0 Å². The van der Waals surface area contributed by atoms with Crippen LogP contribution in [0.1, 0.15) is 43.4 Å². The van der Waals surface area contributed by atoms with Crippen LogP contribution in [0.15, 0.2) is 78.9 Å². The van der Waals surface area contributed by atoms with Crippen LogP contribution in [0, 0.1) is 0 Å². The van der Waals surface area contributed by atoms with Crippen molar-refractivity contribution >= 4 is 35.0 Å². The third kappa shape index (κ3) is 5.93. The van der Waals surface area contributed by atoms with Gasteiger partial charge in [0.25, 0.3) is 0 Å². The molecule has 3 amide bonds. The Bertz CT molecular complexity index is 1500. The van der Waals surface area contributed by atoms with Crippen LogP contribution in [0.3, 0.4) is 0 Å². The molecular formula is C35H40ClN5O3. The van der Waals surface area contributed by atoms with Crippen molar-refractivity contribution in [2.24, 2.45) is 0 Å². The quantitative estimate of drug-likeness (QED) is 0.418. The highest BCUT2D eigenvalue weighted by Crippen LogP contribution is 2.40. The molecule has 2 unspecified atom stereocenters. The van der Waals surface area contributed by atoms with Crippen LogP contribution in [0.5, 0.6) is 0 Å². The molecule has 0 radical (unpaired) electrons. The number of piperidine rings is 1. The van der Waals surface area contributed by atoms with Gasteiger partial charge in [-0.15, -0.1) is 0 Å². The molecule has 230 valence electrons. The molecule has 0 saturated carbocycles. The van der Waals surface area contributed by atoms with Gasteiger partial charge in [-0.05, 0) is 74.1 Å². The SMILES string of the molecule is CC(C)N1CN(c2ccccc2)C2(CCN(C(=O)C(Cc3ccc(Cl)cc3)NC(=O)C3Cc4ccccc4CN3)CC2)C1=O. The molecule has 2 atom stereocenters. The van der Waals surface area contributed by atoms with E-state index in [2.05, 4.69) is 27.7 Å². The molecule has 0 bridgehead atoms. The van der Waals surface area contributed by atoms with Crippen molar-refractivity contribution in [3.63, 3.8) is 0 Å². The summed E-state index contributed by atoms with van der Waals surface area (Å²) in [5.74, 6) is -0.191. The Labute approximate surface area is 264 Å². The van der Waals surface area contributed by atoms with Gasteiger partial charge in [-0.3, -0.25) is 14.4 Å². The molecule has 2 N–H and O–H groups in total. The smallest absolute Gasteiger partial charge is 0.250 e. The van der Waals surface area contributed by atoms with Gasteiger partial charge < -0.3 is 25.3 Å². The second-order valence-corrected chi connectivity index (χ2v) is 12.9.